The van der Waals surface area contributed by atoms with Crippen molar-refractivity contribution in [2.75, 3.05) is 19.6 Å². The maximum Gasteiger partial charge on any atom is 0.254 e. The molecule has 4 N–H and O–H groups in total. The second-order valence-electron chi connectivity index (χ2n) is 6.27. The number of carbonyl (C=O) groups excluding carboxylic acids is 2. The van der Waals surface area contributed by atoms with Gasteiger partial charge in [0.2, 0.25) is 5.91 Å². The van der Waals surface area contributed by atoms with Crippen LogP contribution in [0, 0.1) is 0 Å². The van der Waals surface area contributed by atoms with Gasteiger partial charge < -0.3 is 16.0 Å². The number of hydrogen-bond acceptors (Lipinski definition) is 5. The Balaban J connectivity index is 1.96. The Bertz CT molecular complexity index is 571. The van der Waals surface area contributed by atoms with E-state index in [4.69, 9.17) is 10.6 Å². The summed E-state index contributed by atoms with van der Waals surface area (Å²) in [5, 5.41) is 2.95. The quantitative estimate of drug-likeness (QED) is 0.681. The molecule has 2 unspecified atom stereocenters. The van der Waals surface area contributed by atoms with Crippen molar-refractivity contribution in [2.24, 2.45) is 5.73 Å². The largest absolute Gasteiger partial charge is 0.352 e. The third kappa shape index (κ3) is 5.17. The highest BCUT2D eigenvalue weighted by Crippen LogP contribution is 2.23. The molecule has 2 fully saturated rings. The zero-order valence-corrected chi connectivity index (χ0v) is 14.8. The highest BCUT2D eigenvalue weighted by molar-refractivity contribution is 5.82. The molecular formula is C18H28N4O3. The van der Waals surface area contributed by atoms with Crippen LogP contribution in [-0.2, 0) is 14.4 Å². The van der Waals surface area contributed by atoms with Crippen LogP contribution in [0.25, 0.3) is 0 Å². The number of nitrogens with zero attached hydrogens (tertiary/aromatic N) is 1. The molecular weight excluding hydrogens is 320 g/mol. The maximum atomic E-state index is 12.8. The molecule has 2 rings (SSSR count). The van der Waals surface area contributed by atoms with Gasteiger partial charge in [-0.05, 0) is 25.3 Å². The normalized spacial score (nSPS) is 27.0. The first-order valence-electron chi connectivity index (χ1n) is 8.77. The van der Waals surface area contributed by atoms with Gasteiger partial charge in [0.25, 0.3) is 5.91 Å². The first kappa shape index (κ1) is 19.2. The molecule has 2 aliphatic rings. The van der Waals surface area contributed by atoms with Crippen molar-refractivity contribution in [3.05, 3.63) is 36.1 Å². The summed E-state index contributed by atoms with van der Waals surface area (Å²) in [4.78, 5) is 31.8. The Hall–Kier alpha value is -2.12. The van der Waals surface area contributed by atoms with Gasteiger partial charge in [-0.3, -0.25) is 19.9 Å². The van der Waals surface area contributed by atoms with E-state index < -0.39 is 6.10 Å². The molecule has 0 aromatic carbocycles. The van der Waals surface area contributed by atoms with E-state index in [1.54, 1.807) is 11.0 Å². The molecule has 2 heterocycles. The second-order valence-corrected chi connectivity index (χ2v) is 6.27. The van der Waals surface area contributed by atoms with Crippen molar-refractivity contribution in [1.82, 2.24) is 15.7 Å². The topological polar surface area (TPSA) is 96.7 Å². The number of carbonyl (C=O) groups is 2. The third-order valence-electron chi connectivity index (χ3n) is 4.42. The van der Waals surface area contributed by atoms with Gasteiger partial charge in [0, 0.05) is 38.5 Å². The van der Waals surface area contributed by atoms with Crippen LogP contribution in [0.2, 0.25) is 0 Å². The summed E-state index contributed by atoms with van der Waals surface area (Å²) in [5.41, 5.74) is 10.1. The second kappa shape index (κ2) is 9.39. The average Bonchev–Trinajstić information content (AvgIpc) is 2.61. The average molecular weight is 348 g/mol. The molecule has 0 saturated carbocycles. The van der Waals surface area contributed by atoms with E-state index in [2.05, 4.69) is 17.4 Å². The van der Waals surface area contributed by atoms with Crippen LogP contribution in [-0.4, -0.2) is 48.5 Å². The van der Waals surface area contributed by atoms with Crippen molar-refractivity contribution in [3.63, 3.8) is 0 Å². The van der Waals surface area contributed by atoms with Crippen molar-refractivity contribution in [3.8, 4) is 0 Å². The lowest BCUT2D eigenvalue weighted by Crippen LogP contribution is -2.53. The van der Waals surface area contributed by atoms with Gasteiger partial charge in [0.15, 0.2) is 6.10 Å². The van der Waals surface area contributed by atoms with E-state index in [1.165, 1.54) is 0 Å². The Morgan fingerprint density at radius 1 is 1.52 bits per heavy atom. The van der Waals surface area contributed by atoms with Crippen molar-refractivity contribution < 1.29 is 14.4 Å². The molecule has 2 aliphatic heterocycles. The zero-order valence-electron chi connectivity index (χ0n) is 14.8. The first-order chi connectivity index (χ1) is 12.1. The summed E-state index contributed by atoms with van der Waals surface area (Å²) in [5.74, 6) is -0.123. The number of piperidine rings is 1. The van der Waals surface area contributed by atoms with Crippen molar-refractivity contribution >= 4 is 11.8 Å². The fraction of sp³-hybridized carbons (Fsp3) is 0.556. The van der Waals surface area contributed by atoms with Crippen LogP contribution in [0.1, 0.15) is 32.6 Å². The Labute approximate surface area is 148 Å². The molecule has 0 radical (unpaired) electrons. The maximum absolute atomic E-state index is 12.8. The standard InChI is InChI=1S/C18H28N4O3/c1-3-6-13-11-16(25-21-15(13)4-2)18(24)22-10-5-7-14(12-22)20-17(23)8-9-19/h3-4,6,14,16,21H,1,5,7-12,19H2,2H3,(H,20,23)/b13-6-,15-4-. The molecule has 7 heteroatoms. The zero-order chi connectivity index (χ0) is 18.2. The lowest BCUT2D eigenvalue weighted by atomic mass is 10.00. The van der Waals surface area contributed by atoms with Gasteiger partial charge in [-0.15, -0.1) is 0 Å². The lowest BCUT2D eigenvalue weighted by Gasteiger charge is -2.36. The van der Waals surface area contributed by atoms with Crippen LogP contribution in [0.3, 0.4) is 0 Å². The summed E-state index contributed by atoms with van der Waals surface area (Å²) >= 11 is 0. The third-order valence-corrected chi connectivity index (χ3v) is 4.42. The summed E-state index contributed by atoms with van der Waals surface area (Å²) < 4.78 is 0. The summed E-state index contributed by atoms with van der Waals surface area (Å²) in [6.07, 6.45) is 7.45. The molecule has 0 spiro atoms. The Kier molecular flexibility index (Phi) is 7.21. The number of likely N-dealkylation sites (tertiary alicyclic amines) is 1. The van der Waals surface area contributed by atoms with Gasteiger partial charge in [-0.2, -0.15) is 0 Å². The summed E-state index contributed by atoms with van der Waals surface area (Å²) in [6, 6.07) is -0.0254. The molecule has 138 valence electrons. The molecule has 2 amide bonds. The van der Waals surface area contributed by atoms with Crippen LogP contribution in [0.4, 0.5) is 0 Å². The van der Waals surface area contributed by atoms with Gasteiger partial charge in [0.1, 0.15) is 0 Å². The fourth-order valence-electron chi connectivity index (χ4n) is 3.16. The van der Waals surface area contributed by atoms with Crippen LogP contribution < -0.4 is 16.5 Å². The van der Waals surface area contributed by atoms with Crippen molar-refractivity contribution in [1.29, 1.82) is 0 Å². The lowest BCUT2D eigenvalue weighted by molar-refractivity contribution is -0.151. The smallest absolute Gasteiger partial charge is 0.254 e. The van der Waals surface area contributed by atoms with E-state index in [9.17, 15) is 9.59 Å². The monoisotopic (exact) mass is 348 g/mol. The van der Waals surface area contributed by atoms with E-state index in [0.717, 1.165) is 24.1 Å². The van der Waals surface area contributed by atoms with Gasteiger partial charge in [0.05, 0.1) is 5.70 Å². The Morgan fingerprint density at radius 2 is 2.32 bits per heavy atom. The highest BCUT2D eigenvalue weighted by atomic mass is 16.7. The molecule has 7 nitrogen and oxygen atoms in total. The molecule has 2 saturated heterocycles. The Morgan fingerprint density at radius 3 is 3.00 bits per heavy atom. The predicted octanol–water partition coefficient (Wildman–Crippen LogP) is 0.752. The minimum atomic E-state index is -0.576. The van der Waals surface area contributed by atoms with E-state index in [1.807, 2.05) is 19.1 Å². The molecule has 0 aromatic heterocycles. The van der Waals surface area contributed by atoms with E-state index in [-0.39, 0.29) is 17.9 Å². The van der Waals surface area contributed by atoms with Gasteiger partial charge >= 0.3 is 0 Å². The minimum absolute atomic E-state index is 0.0254. The number of nitrogens with one attached hydrogen (secondary N) is 2. The number of nitrogens with two attached hydrogens (primary N) is 1. The van der Waals surface area contributed by atoms with Crippen LogP contribution in [0.15, 0.2) is 36.1 Å². The van der Waals surface area contributed by atoms with Crippen LogP contribution >= 0.6 is 0 Å². The van der Waals surface area contributed by atoms with Crippen molar-refractivity contribution in [2.45, 2.75) is 44.8 Å². The number of rotatable bonds is 5. The SMILES string of the molecule is C=C/C=C1/CC(C(=O)N2CCCC(NC(=O)CCN)C2)ON/C1=C\C. The molecule has 0 bridgehead atoms. The van der Waals surface area contributed by atoms with Gasteiger partial charge in [-0.25, -0.2) is 0 Å². The minimum Gasteiger partial charge on any atom is -0.352 e. The van der Waals surface area contributed by atoms with E-state index in [0.29, 0.717) is 32.5 Å². The number of amides is 2. The van der Waals surface area contributed by atoms with Crippen LogP contribution in [0.5, 0.6) is 0 Å². The summed E-state index contributed by atoms with van der Waals surface area (Å²) in [7, 11) is 0. The number of hydrogen-bond donors (Lipinski definition) is 3. The molecule has 2 atom stereocenters. The number of allylic oxidation sites excluding steroid dienone is 4. The molecule has 25 heavy (non-hydrogen) atoms. The highest BCUT2D eigenvalue weighted by Gasteiger charge is 2.33. The molecule has 0 aliphatic carbocycles. The summed E-state index contributed by atoms with van der Waals surface area (Å²) in [6.45, 7) is 7.14. The molecule has 0 aromatic rings. The predicted molar refractivity (Wildman–Crippen MR) is 96.1 cm³/mol. The first-order valence-corrected chi connectivity index (χ1v) is 8.77. The number of hydroxylamine groups is 1. The fourth-order valence-corrected chi connectivity index (χ4v) is 3.16. The van der Waals surface area contributed by atoms with E-state index >= 15 is 0 Å². The van der Waals surface area contributed by atoms with Gasteiger partial charge in [-0.1, -0.05) is 24.8 Å².